The minimum Gasteiger partial charge on any atom is -0.493 e. The number of carbonyl (C=O) groups is 1. The zero-order valence-corrected chi connectivity index (χ0v) is 20.1. The van der Waals surface area contributed by atoms with E-state index in [0.29, 0.717) is 11.6 Å². The van der Waals surface area contributed by atoms with Crippen LogP contribution in [0, 0.1) is 0 Å². The summed E-state index contributed by atoms with van der Waals surface area (Å²) in [5.41, 5.74) is 2.92. The summed E-state index contributed by atoms with van der Waals surface area (Å²) in [5, 5.41) is 7.21. The second kappa shape index (κ2) is 11.1. The summed E-state index contributed by atoms with van der Waals surface area (Å²) >= 11 is 6.25. The highest BCUT2D eigenvalue weighted by molar-refractivity contribution is 6.30. The van der Waals surface area contributed by atoms with Crippen LogP contribution < -0.4 is 20.3 Å². The molecule has 178 valence electrons. The fraction of sp³-hybridized carbons (Fsp3) is 0.480. The van der Waals surface area contributed by atoms with E-state index in [1.54, 1.807) is 0 Å². The average molecular weight is 473 g/mol. The Morgan fingerprint density at radius 1 is 1.24 bits per heavy atom. The number of rotatable bonds is 9. The van der Waals surface area contributed by atoms with E-state index in [-0.39, 0.29) is 24.7 Å². The van der Waals surface area contributed by atoms with Gasteiger partial charge in [-0.05, 0) is 50.1 Å². The van der Waals surface area contributed by atoms with Crippen molar-refractivity contribution in [1.29, 1.82) is 0 Å². The first-order chi connectivity index (χ1) is 16.0. The van der Waals surface area contributed by atoms with Crippen LogP contribution in [0.2, 0.25) is 5.02 Å². The van der Waals surface area contributed by atoms with E-state index in [2.05, 4.69) is 20.4 Å². The Labute approximate surface area is 201 Å². The molecule has 2 heterocycles. The maximum absolute atomic E-state index is 12.6. The SMILES string of the molecule is CC(C)NC(=O)CN1c2ccc(OCCCN3CCOCC3)cc2NC1c1cccc(Cl)c1. The van der Waals surface area contributed by atoms with Gasteiger partial charge in [-0.25, -0.2) is 0 Å². The topological polar surface area (TPSA) is 66.1 Å². The summed E-state index contributed by atoms with van der Waals surface area (Å²) in [6, 6.07) is 13.8. The zero-order chi connectivity index (χ0) is 23.2. The molecule has 0 aromatic heterocycles. The van der Waals surface area contributed by atoms with E-state index in [4.69, 9.17) is 21.1 Å². The third-order valence-corrected chi connectivity index (χ3v) is 6.04. The van der Waals surface area contributed by atoms with Gasteiger partial charge in [-0.2, -0.15) is 0 Å². The van der Waals surface area contributed by atoms with Crippen LogP contribution in [-0.4, -0.2) is 62.8 Å². The lowest BCUT2D eigenvalue weighted by Crippen LogP contribution is -2.41. The van der Waals surface area contributed by atoms with Gasteiger partial charge in [0.1, 0.15) is 11.9 Å². The Kier molecular flexibility index (Phi) is 7.96. The molecule has 0 saturated carbocycles. The molecule has 0 aliphatic carbocycles. The summed E-state index contributed by atoms with van der Waals surface area (Å²) in [5.74, 6) is 0.802. The van der Waals surface area contributed by atoms with Crippen LogP contribution >= 0.6 is 11.6 Å². The van der Waals surface area contributed by atoms with E-state index in [9.17, 15) is 4.79 Å². The van der Waals surface area contributed by atoms with E-state index in [0.717, 1.165) is 62.0 Å². The van der Waals surface area contributed by atoms with Gasteiger partial charge in [0.2, 0.25) is 5.91 Å². The van der Waals surface area contributed by atoms with E-state index in [1.165, 1.54) is 0 Å². The molecule has 0 bridgehead atoms. The summed E-state index contributed by atoms with van der Waals surface area (Å²) in [6.45, 7) is 9.47. The standard InChI is InChI=1S/C25H33ClN4O3/c1-18(2)27-24(31)17-30-23-8-7-21(33-12-4-9-29-10-13-32-14-11-29)16-22(23)28-25(30)19-5-3-6-20(26)15-19/h3,5-8,15-16,18,25,28H,4,9-14,17H2,1-2H3,(H,27,31). The molecule has 2 aliphatic heterocycles. The van der Waals surface area contributed by atoms with Crippen molar-refractivity contribution in [2.75, 3.05) is 56.2 Å². The number of ether oxygens (including phenoxy) is 2. The van der Waals surface area contributed by atoms with Crippen LogP contribution in [0.3, 0.4) is 0 Å². The highest BCUT2D eigenvalue weighted by atomic mass is 35.5. The minimum absolute atomic E-state index is 0.0184. The molecule has 2 N–H and O–H groups in total. The molecule has 2 aromatic rings. The molecular weight excluding hydrogens is 440 g/mol. The summed E-state index contributed by atoms with van der Waals surface area (Å²) < 4.78 is 11.4. The zero-order valence-electron chi connectivity index (χ0n) is 19.4. The Hall–Kier alpha value is -2.48. The number of halogens is 1. The Morgan fingerprint density at radius 2 is 2.06 bits per heavy atom. The van der Waals surface area contributed by atoms with Crippen LogP contribution in [0.5, 0.6) is 5.75 Å². The lowest BCUT2D eigenvalue weighted by atomic mass is 10.1. The number of benzene rings is 2. The second-order valence-electron chi connectivity index (χ2n) is 8.79. The third-order valence-electron chi connectivity index (χ3n) is 5.80. The molecule has 4 rings (SSSR count). The summed E-state index contributed by atoms with van der Waals surface area (Å²) in [7, 11) is 0. The fourth-order valence-corrected chi connectivity index (χ4v) is 4.48. The first-order valence-corrected chi connectivity index (χ1v) is 12.0. The largest absolute Gasteiger partial charge is 0.493 e. The Morgan fingerprint density at radius 3 is 2.82 bits per heavy atom. The Balaban J connectivity index is 1.44. The number of hydrogen-bond acceptors (Lipinski definition) is 6. The molecule has 1 saturated heterocycles. The lowest BCUT2D eigenvalue weighted by Gasteiger charge is -2.27. The molecule has 8 heteroatoms. The van der Waals surface area contributed by atoms with Crippen molar-refractivity contribution in [2.45, 2.75) is 32.5 Å². The molecule has 0 radical (unpaired) electrons. The first-order valence-electron chi connectivity index (χ1n) is 11.6. The maximum atomic E-state index is 12.6. The van der Waals surface area contributed by atoms with Gasteiger partial charge in [-0.3, -0.25) is 9.69 Å². The first kappa shape index (κ1) is 23.7. The number of amides is 1. The molecule has 0 spiro atoms. The molecule has 1 atom stereocenters. The highest BCUT2D eigenvalue weighted by Crippen LogP contribution is 2.43. The smallest absolute Gasteiger partial charge is 0.239 e. The van der Waals surface area contributed by atoms with Gasteiger partial charge in [0.05, 0.1) is 37.7 Å². The molecular formula is C25H33ClN4O3. The molecule has 7 nitrogen and oxygen atoms in total. The predicted molar refractivity (Wildman–Crippen MR) is 132 cm³/mol. The van der Waals surface area contributed by atoms with Gasteiger partial charge >= 0.3 is 0 Å². The maximum Gasteiger partial charge on any atom is 0.239 e. The van der Waals surface area contributed by atoms with Crippen LogP contribution in [0.15, 0.2) is 42.5 Å². The van der Waals surface area contributed by atoms with Crippen molar-refractivity contribution < 1.29 is 14.3 Å². The highest BCUT2D eigenvalue weighted by Gasteiger charge is 2.32. The lowest BCUT2D eigenvalue weighted by molar-refractivity contribution is -0.120. The van der Waals surface area contributed by atoms with Crippen LogP contribution in [0.25, 0.3) is 0 Å². The molecule has 1 unspecified atom stereocenters. The van der Waals surface area contributed by atoms with Crippen molar-refractivity contribution in [3.8, 4) is 5.75 Å². The number of hydrogen-bond donors (Lipinski definition) is 2. The predicted octanol–water partition coefficient (Wildman–Crippen LogP) is 3.90. The van der Waals surface area contributed by atoms with Gasteiger partial charge < -0.3 is 25.0 Å². The fourth-order valence-electron chi connectivity index (χ4n) is 4.28. The summed E-state index contributed by atoms with van der Waals surface area (Å²) in [6.07, 6.45) is 0.783. The number of anilines is 2. The molecule has 33 heavy (non-hydrogen) atoms. The van der Waals surface area contributed by atoms with Crippen molar-refractivity contribution in [2.24, 2.45) is 0 Å². The average Bonchev–Trinajstić information content (AvgIpc) is 3.14. The second-order valence-corrected chi connectivity index (χ2v) is 9.22. The van der Waals surface area contributed by atoms with Gasteiger partial charge in [0.25, 0.3) is 0 Å². The Bertz CT molecular complexity index is 949. The number of nitrogens with zero attached hydrogens (tertiary/aromatic N) is 2. The normalized spacial score (nSPS) is 18.2. The molecule has 1 fully saturated rings. The number of morpholine rings is 1. The third kappa shape index (κ3) is 6.31. The van der Waals surface area contributed by atoms with E-state index < -0.39 is 0 Å². The van der Waals surface area contributed by atoms with Crippen molar-refractivity contribution in [3.63, 3.8) is 0 Å². The monoisotopic (exact) mass is 472 g/mol. The molecule has 2 aromatic carbocycles. The number of carbonyl (C=O) groups excluding carboxylic acids is 1. The minimum atomic E-state index is -0.187. The van der Waals surface area contributed by atoms with Crippen molar-refractivity contribution in [1.82, 2.24) is 10.2 Å². The van der Waals surface area contributed by atoms with Gasteiger partial charge in [0.15, 0.2) is 0 Å². The number of fused-ring (bicyclic) bond motifs is 1. The van der Waals surface area contributed by atoms with Crippen LogP contribution in [-0.2, 0) is 9.53 Å². The van der Waals surface area contributed by atoms with E-state index in [1.807, 2.05) is 56.3 Å². The van der Waals surface area contributed by atoms with Crippen LogP contribution in [0.1, 0.15) is 32.0 Å². The van der Waals surface area contributed by atoms with Crippen molar-refractivity contribution >= 4 is 28.9 Å². The van der Waals surface area contributed by atoms with Crippen molar-refractivity contribution in [3.05, 3.63) is 53.1 Å². The number of nitrogens with one attached hydrogen (secondary N) is 2. The van der Waals surface area contributed by atoms with Crippen LogP contribution in [0.4, 0.5) is 11.4 Å². The van der Waals surface area contributed by atoms with Gasteiger partial charge in [-0.15, -0.1) is 0 Å². The summed E-state index contributed by atoms with van der Waals surface area (Å²) in [4.78, 5) is 17.1. The molecule has 2 aliphatic rings. The molecule has 1 amide bonds. The van der Waals surface area contributed by atoms with E-state index >= 15 is 0 Å². The van der Waals surface area contributed by atoms with Gasteiger partial charge in [0, 0.05) is 36.8 Å². The van der Waals surface area contributed by atoms with Gasteiger partial charge in [-0.1, -0.05) is 23.7 Å². The quantitative estimate of drug-likeness (QED) is 0.540.